The minimum Gasteiger partial charge on any atom is -0.236 e. The highest BCUT2D eigenvalue weighted by Crippen LogP contribution is 2.49. The Hall–Kier alpha value is -6.95. The lowest BCUT2D eigenvalue weighted by Crippen LogP contribution is -1.98. The minimum absolute atomic E-state index is 0.571. The van der Waals surface area contributed by atoms with E-state index in [-0.39, 0.29) is 0 Å². The van der Waals surface area contributed by atoms with Gasteiger partial charge in [-0.05, 0) is 68.8 Å². The van der Waals surface area contributed by atoms with Gasteiger partial charge in [0.05, 0.1) is 17.0 Å². The Labute approximate surface area is 324 Å². The van der Waals surface area contributed by atoms with Gasteiger partial charge in [-0.15, -0.1) is 0 Å². The van der Waals surface area contributed by atoms with E-state index < -0.39 is 0 Å². The van der Waals surface area contributed by atoms with Crippen molar-refractivity contribution in [2.45, 2.75) is 9.79 Å². The molecule has 0 saturated carbocycles. The highest BCUT2D eigenvalue weighted by Gasteiger charge is 2.22. The predicted octanol–water partition coefficient (Wildman–Crippen LogP) is 13.1. The Kier molecular flexibility index (Phi) is 8.39. The molecule has 55 heavy (non-hydrogen) atoms. The molecule has 2 aromatic heterocycles. The van der Waals surface area contributed by atoms with Crippen LogP contribution in [0.25, 0.3) is 89.8 Å². The Morgan fingerprint density at radius 3 is 1.31 bits per heavy atom. The van der Waals surface area contributed by atoms with Gasteiger partial charge in [0.15, 0.2) is 11.6 Å². The lowest BCUT2D eigenvalue weighted by Gasteiger charge is -2.18. The van der Waals surface area contributed by atoms with E-state index >= 15 is 0 Å². The largest absolute Gasteiger partial charge is 0.236 e. The quantitative estimate of drug-likeness (QED) is 0.181. The maximum absolute atomic E-state index is 5.20. The fourth-order valence-corrected chi connectivity index (χ4v) is 8.51. The van der Waals surface area contributed by atoms with Gasteiger partial charge in [-0.2, -0.15) is 0 Å². The molecule has 4 nitrogen and oxygen atoms in total. The van der Waals surface area contributed by atoms with Crippen molar-refractivity contribution in [3.63, 3.8) is 0 Å². The topological polar surface area (TPSA) is 51.6 Å². The van der Waals surface area contributed by atoms with Crippen molar-refractivity contribution in [2.75, 3.05) is 0 Å². The highest BCUT2D eigenvalue weighted by atomic mass is 32.2. The van der Waals surface area contributed by atoms with E-state index in [2.05, 4.69) is 133 Å². The van der Waals surface area contributed by atoms with Crippen molar-refractivity contribution in [2.24, 2.45) is 0 Å². The van der Waals surface area contributed by atoms with Gasteiger partial charge in [-0.1, -0.05) is 169 Å². The fraction of sp³-hybridized carbons (Fsp3) is 0. The summed E-state index contributed by atoms with van der Waals surface area (Å²) in [5, 5.41) is 0. The fourth-order valence-electron chi connectivity index (χ4n) is 7.40. The SMILES string of the molecule is c1ccc(-c2cc(-c3ccc4c(c3)-c3ccccc3Sc3ccccc3-c3ccccc3-c3ccccc3-4)nc(-c3cnc(-c4ccccc4)nc3)n2)cc1. The van der Waals surface area contributed by atoms with Crippen LogP contribution in [0.15, 0.2) is 204 Å². The smallest absolute Gasteiger partial charge is 0.163 e. The van der Waals surface area contributed by atoms with Crippen LogP contribution in [0.5, 0.6) is 0 Å². The van der Waals surface area contributed by atoms with Crippen LogP contribution < -0.4 is 0 Å². The van der Waals surface area contributed by atoms with Gasteiger partial charge in [0, 0.05) is 38.9 Å². The molecular weight excluding hydrogens is 689 g/mol. The summed E-state index contributed by atoms with van der Waals surface area (Å²) < 4.78 is 0. The maximum Gasteiger partial charge on any atom is 0.163 e. The summed E-state index contributed by atoms with van der Waals surface area (Å²) in [6.45, 7) is 0. The van der Waals surface area contributed by atoms with Crippen molar-refractivity contribution in [1.29, 1.82) is 0 Å². The average molecular weight is 721 g/mol. The molecular formula is C50H32N4S. The van der Waals surface area contributed by atoms with Gasteiger partial charge >= 0.3 is 0 Å². The first-order valence-corrected chi connectivity index (χ1v) is 19.1. The minimum atomic E-state index is 0.571. The highest BCUT2D eigenvalue weighted by molar-refractivity contribution is 7.99. The predicted molar refractivity (Wildman–Crippen MR) is 225 cm³/mol. The number of rotatable bonds is 4. The number of fused-ring (bicyclic) bond motifs is 9. The van der Waals surface area contributed by atoms with Gasteiger partial charge in [-0.3, -0.25) is 0 Å². The molecule has 0 atom stereocenters. The first-order chi connectivity index (χ1) is 27.3. The van der Waals surface area contributed by atoms with E-state index in [0.717, 1.165) is 44.8 Å². The van der Waals surface area contributed by atoms with Crippen molar-refractivity contribution >= 4 is 11.8 Å². The van der Waals surface area contributed by atoms with Gasteiger partial charge < -0.3 is 0 Å². The van der Waals surface area contributed by atoms with Crippen LogP contribution in [0.2, 0.25) is 0 Å². The van der Waals surface area contributed by atoms with E-state index in [1.807, 2.05) is 72.7 Å². The van der Waals surface area contributed by atoms with E-state index in [1.54, 1.807) is 0 Å². The van der Waals surface area contributed by atoms with Crippen molar-refractivity contribution in [3.05, 3.63) is 194 Å². The van der Waals surface area contributed by atoms with Crippen LogP contribution in [-0.4, -0.2) is 19.9 Å². The van der Waals surface area contributed by atoms with Crippen LogP contribution >= 0.6 is 11.8 Å². The molecule has 0 bridgehead atoms. The average Bonchev–Trinajstić information content (AvgIpc) is 3.28. The summed E-state index contributed by atoms with van der Waals surface area (Å²) >= 11 is 1.82. The molecule has 0 N–H and O–H groups in total. The Morgan fingerprint density at radius 1 is 0.291 bits per heavy atom. The molecule has 0 amide bonds. The third kappa shape index (κ3) is 6.21. The molecule has 0 spiro atoms. The molecule has 9 aromatic rings. The van der Waals surface area contributed by atoms with Gasteiger partial charge in [0.2, 0.25) is 0 Å². The van der Waals surface area contributed by atoms with Gasteiger partial charge in [0.1, 0.15) is 0 Å². The molecule has 0 unspecified atom stereocenters. The zero-order chi connectivity index (χ0) is 36.6. The number of hydrogen-bond donors (Lipinski definition) is 0. The zero-order valence-corrected chi connectivity index (χ0v) is 30.5. The molecule has 1 aliphatic rings. The second kappa shape index (κ2) is 14.1. The van der Waals surface area contributed by atoms with E-state index in [1.165, 1.54) is 43.2 Å². The van der Waals surface area contributed by atoms with Crippen LogP contribution in [0.1, 0.15) is 0 Å². The first-order valence-electron chi connectivity index (χ1n) is 18.3. The third-order valence-electron chi connectivity index (χ3n) is 10.1. The maximum atomic E-state index is 5.20. The number of hydrogen-bond acceptors (Lipinski definition) is 5. The summed E-state index contributed by atoms with van der Waals surface area (Å²) in [6.07, 6.45) is 3.64. The molecule has 1 aliphatic heterocycles. The third-order valence-corrected chi connectivity index (χ3v) is 11.2. The van der Waals surface area contributed by atoms with Crippen LogP contribution in [-0.2, 0) is 0 Å². The molecule has 3 heterocycles. The summed E-state index contributed by atoms with van der Waals surface area (Å²) in [5.41, 5.74) is 14.9. The van der Waals surface area contributed by atoms with Crippen molar-refractivity contribution in [3.8, 4) is 89.8 Å². The van der Waals surface area contributed by atoms with Gasteiger partial charge in [-0.25, -0.2) is 19.9 Å². The number of nitrogens with zero attached hydrogens (tertiary/aromatic N) is 4. The molecule has 5 heteroatoms. The summed E-state index contributed by atoms with van der Waals surface area (Å²) in [4.78, 5) is 22.1. The van der Waals surface area contributed by atoms with Crippen LogP contribution in [0.3, 0.4) is 0 Å². The normalized spacial score (nSPS) is 11.6. The lowest BCUT2D eigenvalue weighted by molar-refractivity contribution is 1.13. The molecule has 0 fully saturated rings. The van der Waals surface area contributed by atoms with Crippen molar-refractivity contribution < 1.29 is 0 Å². The molecule has 10 rings (SSSR count). The number of benzene rings is 7. The van der Waals surface area contributed by atoms with Crippen LogP contribution in [0.4, 0.5) is 0 Å². The van der Waals surface area contributed by atoms with Crippen molar-refractivity contribution in [1.82, 2.24) is 19.9 Å². The Balaban J connectivity index is 1.19. The lowest BCUT2D eigenvalue weighted by atomic mass is 9.86. The Bertz CT molecular complexity index is 2840. The second-order valence-electron chi connectivity index (χ2n) is 13.4. The monoisotopic (exact) mass is 720 g/mol. The van der Waals surface area contributed by atoms with Gasteiger partial charge in [0.25, 0.3) is 0 Å². The summed E-state index contributed by atoms with van der Waals surface area (Å²) in [7, 11) is 0. The second-order valence-corrected chi connectivity index (χ2v) is 14.5. The van der Waals surface area contributed by atoms with E-state index in [4.69, 9.17) is 19.9 Å². The zero-order valence-electron chi connectivity index (χ0n) is 29.7. The van der Waals surface area contributed by atoms with E-state index in [9.17, 15) is 0 Å². The van der Waals surface area contributed by atoms with E-state index in [0.29, 0.717) is 11.6 Å². The molecule has 0 saturated heterocycles. The Morgan fingerprint density at radius 2 is 0.727 bits per heavy atom. The molecule has 7 aromatic carbocycles. The van der Waals surface area contributed by atoms with Crippen LogP contribution in [0, 0.1) is 0 Å². The molecule has 258 valence electrons. The summed E-state index contributed by atoms with van der Waals surface area (Å²) in [5.74, 6) is 1.23. The standard InChI is InChI=1S/C50H32N4S/c1-3-15-33(16-4-1)45-30-46(54-50(53-45)36-31-51-49(52-32-36)34-17-5-2-6-18-34)35-27-28-41-39-21-8-7-19-37(39)38-20-9-10-22-40(38)42-23-11-13-25-47(42)55-48-26-14-12-24-43(48)44(41)29-35/h1-32H. The number of aromatic nitrogens is 4. The first kappa shape index (κ1) is 32.7. The molecule has 0 aliphatic carbocycles. The molecule has 0 radical (unpaired) electrons. The summed E-state index contributed by atoms with van der Waals surface area (Å²) in [6, 6.07) is 64.2.